The number of hydrogen-bond acceptors (Lipinski definition) is 7. The molecule has 0 radical (unpaired) electrons. The fraction of sp³-hybridized carbons (Fsp3) is 0.211. The maximum Gasteiger partial charge on any atom is 0.275 e. The first-order valence-corrected chi connectivity index (χ1v) is 8.58. The number of carboxylic acid groups (broad SMARTS) is 1. The van der Waals surface area contributed by atoms with Gasteiger partial charge in [0.05, 0.1) is 33.1 Å². The quantitative estimate of drug-likeness (QED) is 0.489. The van der Waals surface area contributed by atoms with E-state index in [1.165, 1.54) is 24.3 Å². The van der Waals surface area contributed by atoms with E-state index in [1.54, 1.807) is 12.1 Å². The highest BCUT2D eigenvalue weighted by Gasteiger charge is 2.42. The van der Waals surface area contributed by atoms with Gasteiger partial charge in [-0.05, 0) is 24.0 Å². The molecule has 1 aliphatic heterocycles. The van der Waals surface area contributed by atoms with E-state index in [2.05, 4.69) is 5.32 Å². The van der Waals surface area contributed by atoms with E-state index < -0.39 is 15.8 Å². The molecule has 0 unspecified atom stereocenters. The molecule has 1 N–H and O–H groups in total. The topological polar surface area (TPSA) is 138 Å². The summed E-state index contributed by atoms with van der Waals surface area (Å²) in [7, 11) is 0. The number of carboxylic acids is 1. The van der Waals surface area contributed by atoms with Crippen LogP contribution in [0.15, 0.2) is 48.6 Å². The molecule has 4 rings (SSSR count). The normalized spacial score (nSPS) is 22.1. The first-order valence-electron chi connectivity index (χ1n) is 8.58. The fourth-order valence-corrected chi connectivity index (χ4v) is 4.15. The number of anilines is 1. The molecule has 1 aliphatic carbocycles. The molecule has 3 atom stereocenters. The highest BCUT2D eigenvalue weighted by atomic mass is 16.6. The summed E-state index contributed by atoms with van der Waals surface area (Å²) in [5, 5.41) is 37.2. The number of nitrogens with one attached hydrogen (secondary N) is 1. The molecule has 0 bridgehead atoms. The van der Waals surface area contributed by atoms with Crippen molar-refractivity contribution in [2.24, 2.45) is 5.92 Å². The Morgan fingerprint density at radius 1 is 1.04 bits per heavy atom. The standard InChI is InChI=1S/C19H15N3O6/c23-19(24)14-8-9-15(22(27)28)16-12-2-1-3-13(12)17(20-18(14)16)10-4-6-11(7-5-10)21(25)26/h1-2,4-9,12-13,17,20H,3H2,(H,23,24)/p-1/t12-,13-,17-/m0/s1. The van der Waals surface area contributed by atoms with E-state index in [4.69, 9.17) is 0 Å². The third-order valence-electron chi connectivity index (χ3n) is 5.38. The lowest BCUT2D eigenvalue weighted by molar-refractivity contribution is -0.385. The number of nitrogens with zero attached hydrogens (tertiary/aromatic N) is 2. The number of non-ortho nitro benzene ring substituents is 1. The van der Waals surface area contributed by atoms with Crippen LogP contribution in [0, 0.1) is 26.1 Å². The van der Waals surface area contributed by atoms with E-state index in [1.807, 2.05) is 12.2 Å². The first-order chi connectivity index (χ1) is 13.4. The Kier molecular flexibility index (Phi) is 4.07. The lowest BCUT2D eigenvalue weighted by Crippen LogP contribution is -2.33. The van der Waals surface area contributed by atoms with Crippen LogP contribution in [0.3, 0.4) is 0 Å². The van der Waals surface area contributed by atoms with E-state index in [0.29, 0.717) is 12.0 Å². The zero-order valence-corrected chi connectivity index (χ0v) is 14.4. The van der Waals surface area contributed by atoms with Crippen LogP contribution in [-0.2, 0) is 0 Å². The summed E-state index contributed by atoms with van der Waals surface area (Å²) in [4.78, 5) is 33.0. The highest BCUT2D eigenvalue weighted by molar-refractivity contribution is 5.95. The SMILES string of the molecule is O=C([O-])c1ccc([N+](=O)[O-])c2c1N[C@@H](c1ccc([N+](=O)[O-])cc1)[C@H]1CC=C[C@H]21. The van der Waals surface area contributed by atoms with Crippen molar-refractivity contribution < 1.29 is 19.7 Å². The number of benzene rings is 2. The van der Waals surface area contributed by atoms with Gasteiger partial charge in [-0.3, -0.25) is 20.2 Å². The number of rotatable bonds is 4. The number of allylic oxidation sites excluding steroid dienone is 2. The molecule has 2 aromatic rings. The zero-order chi connectivity index (χ0) is 20.0. The number of hydrogen-bond donors (Lipinski definition) is 1. The van der Waals surface area contributed by atoms with E-state index in [9.17, 15) is 30.1 Å². The van der Waals surface area contributed by atoms with Crippen molar-refractivity contribution in [2.75, 3.05) is 5.32 Å². The van der Waals surface area contributed by atoms with Gasteiger partial charge in [0.25, 0.3) is 11.4 Å². The molecule has 9 nitrogen and oxygen atoms in total. The van der Waals surface area contributed by atoms with Gasteiger partial charge in [-0.2, -0.15) is 0 Å². The fourth-order valence-electron chi connectivity index (χ4n) is 4.15. The van der Waals surface area contributed by atoms with Crippen molar-refractivity contribution in [3.63, 3.8) is 0 Å². The lowest BCUT2D eigenvalue weighted by atomic mass is 9.75. The van der Waals surface area contributed by atoms with Crippen LogP contribution in [-0.4, -0.2) is 15.8 Å². The number of nitro benzene ring substituents is 2. The van der Waals surface area contributed by atoms with Crippen LogP contribution in [0.5, 0.6) is 0 Å². The molecule has 1 heterocycles. The second-order valence-electron chi connectivity index (χ2n) is 6.79. The monoisotopic (exact) mass is 380 g/mol. The van der Waals surface area contributed by atoms with Gasteiger partial charge in [0.2, 0.25) is 0 Å². The maximum absolute atomic E-state index is 11.6. The minimum absolute atomic E-state index is 0.0490. The third kappa shape index (κ3) is 2.68. The molecule has 0 amide bonds. The van der Waals surface area contributed by atoms with Crippen molar-refractivity contribution in [1.29, 1.82) is 0 Å². The minimum Gasteiger partial charge on any atom is -0.545 e. The molecular formula is C19H14N3O6-. The summed E-state index contributed by atoms with van der Waals surface area (Å²) in [5.74, 6) is -1.85. The van der Waals surface area contributed by atoms with Crippen LogP contribution in [0.2, 0.25) is 0 Å². The predicted octanol–water partition coefficient (Wildman–Crippen LogP) is 2.69. The first kappa shape index (κ1) is 17.7. The summed E-state index contributed by atoms with van der Waals surface area (Å²) >= 11 is 0. The van der Waals surface area contributed by atoms with Crippen molar-refractivity contribution >= 4 is 23.0 Å². The molecule has 2 aromatic carbocycles. The van der Waals surface area contributed by atoms with Crippen molar-refractivity contribution in [1.82, 2.24) is 0 Å². The average Bonchev–Trinajstić information content (AvgIpc) is 3.16. The van der Waals surface area contributed by atoms with Gasteiger partial charge < -0.3 is 15.2 Å². The van der Waals surface area contributed by atoms with Crippen LogP contribution in [0.4, 0.5) is 17.1 Å². The van der Waals surface area contributed by atoms with E-state index in [-0.39, 0.29) is 40.5 Å². The van der Waals surface area contributed by atoms with Crippen molar-refractivity contribution in [3.8, 4) is 0 Å². The van der Waals surface area contributed by atoms with Gasteiger partial charge >= 0.3 is 0 Å². The smallest absolute Gasteiger partial charge is 0.275 e. The molecule has 0 aromatic heterocycles. The Balaban J connectivity index is 1.86. The summed E-state index contributed by atoms with van der Waals surface area (Å²) in [6, 6.07) is 8.02. The average molecular weight is 380 g/mol. The number of carbonyl (C=O) groups excluding carboxylic acids is 1. The molecule has 9 heteroatoms. The van der Waals surface area contributed by atoms with Gasteiger partial charge in [-0.25, -0.2) is 0 Å². The van der Waals surface area contributed by atoms with Crippen molar-refractivity contribution in [2.45, 2.75) is 18.4 Å². The lowest BCUT2D eigenvalue weighted by Gasteiger charge is -2.38. The zero-order valence-electron chi connectivity index (χ0n) is 14.4. The summed E-state index contributed by atoms with van der Waals surface area (Å²) in [5.41, 5.74) is 0.911. The minimum atomic E-state index is -1.43. The Hall–Kier alpha value is -3.75. The Morgan fingerprint density at radius 2 is 1.75 bits per heavy atom. The summed E-state index contributed by atoms with van der Waals surface area (Å²) in [6.45, 7) is 0. The van der Waals surface area contributed by atoms with Crippen LogP contribution in [0.25, 0.3) is 0 Å². The van der Waals surface area contributed by atoms with Gasteiger partial charge in [-0.15, -0.1) is 0 Å². The van der Waals surface area contributed by atoms with Crippen LogP contribution in [0.1, 0.15) is 39.9 Å². The number of carbonyl (C=O) groups is 1. The Bertz CT molecular complexity index is 1030. The molecule has 0 saturated heterocycles. The summed E-state index contributed by atoms with van der Waals surface area (Å²) in [6.07, 6.45) is 4.42. The highest BCUT2D eigenvalue weighted by Crippen LogP contribution is 2.53. The molecule has 28 heavy (non-hydrogen) atoms. The second-order valence-corrected chi connectivity index (χ2v) is 6.79. The molecular weight excluding hydrogens is 366 g/mol. The Labute approximate surface area is 158 Å². The predicted molar refractivity (Wildman–Crippen MR) is 96.9 cm³/mol. The largest absolute Gasteiger partial charge is 0.545 e. The number of nitro groups is 2. The second kappa shape index (κ2) is 6.45. The van der Waals surface area contributed by atoms with Gasteiger partial charge in [0.15, 0.2) is 0 Å². The Morgan fingerprint density at radius 3 is 2.36 bits per heavy atom. The number of aromatic carboxylic acids is 1. The molecule has 0 fully saturated rings. The van der Waals surface area contributed by atoms with Gasteiger partial charge in [0.1, 0.15) is 0 Å². The molecule has 0 spiro atoms. The van der Waals surface area contributed by atoms with Crippen molar-refractivity contribution in [3.05, 3.63) is 85.5 Å². The van der Waals surface area contributed by atoms with Crippen LogP contribution < -0.4 is 10.4 Å². The maximum atomic E-state index is 11.6. The van der Waals surface area contributed by atoms with E-state index >= 15 is 0 Å². The third-order valence-corrected chi connectivity index (χ3v) is 5.38. The van der Waals surface area contributed by atoms with E-state index in [0.717, 1.165) is 5.56 Å². The number of fused-ring (bicyclic) bond motifs is 3. The molecule has 2 aliphatic rings. The molecule has 142 valence electrons. The van der Waals surface area contributed by atoms with Gasteiger partial charge in [-0.1, -0.05) is 24.3 Å². The molecule has 0 saturated carbocycles. The summed E-state index contributed by atoms with van der Waals surface area (Å²) < 4.78 is 0. The van der Waals surface area contributed by atoms with Crippen LogP contribution >= 0.6 is 0 Å². The van der Waals surface area contributed by atoms with Gasteiger partial charge in [0, 0.05) is 29.7 Å².